The summed E-state index contributed by atoms with van der Waals surface area (Å²) in [6, 6.07) is 4.71. The predicted molar refractivity (Wildman–Crippen MR) is 84.5 cm³/mol. The van der Waals surface area contributed by atoms with Gasteiger partial charge in [-0.3, -0.25) is 9.80 Å². The largest absolute Gasteiger partial charge is 0.392 e. The molecule has 1 aliphatic rings. The van der Waals surface area contributed by atoms with Gasteiger partial charge < -0.3 is 5.73 Å². The minimum Gasteiger partial charge on any atom is -0.392 e. The molecule has 1 heterocycles. The van der Waals surface area contributed by atoms with E-state index in [2.05, 4.69) is 9.80 Å². The average Bonchev–Trinajstić information content (AvgIpc) is 2.42. The Morgan fingerprint density at radius 2 is 2.05 bits per heavy atom. The fourth-order valence-electron chi connectivity index (χ4n) is 2.38. The Hall–Kier alpha value is -0.750. The van der Waals surface area contributed by atoms with E-state index in [0.29, 0.717) is 10.0 Å². The minimum absolute atomic E-state index is 0.140. The van der Waals surface area contributed by atoms with Gasteiger partial charge in [0.25, 0.3) is 0 Å². The molecule has 3 nitrogen and oxygen atoms in total. The highest BCUT2D eigenvalue weighted by molar-refractivity contribution is 7.80. The Kier molecular flexibility index (Phi) is 5.32. The standard InChI is InChI=1S/C14H19ClFN3S/c1-10(14(17)20)19-6-4-18(5-7-19)9-11-2-3-12(16)8-13(11)15/h2-3,8,10H,4-7,9H2,1H3,(H2,17,20). The Morgan fingerprint density at radius 1 is 1.40 bits per heavy atom. The molecule has 1 unspecified atom stereocenters. The Morgan fingerprint density at radius 3 is 2.60 bits per heavy atom. The lowest BCUT2D eigenvalue weighted by Gasteiger charge is -2.37. The maximum atomic E-state index is 13.0. The lowest BCUT2D eigenvalue weighted by Crippen LogP contribution is -2.52. The van der Waals surface area contributed by atoms with Gasteiger partial charge in [0.15, 0.2) is 0 Å². The van der Waals surface area contributed by atoms with E-state index >= 15 is 0 Å². The van der Waals surface area contributed by atoms with E-state index in [0.717, 1.165) is 38.3 Å². The quantitative estimate of drug-likeness (QED) is 0.864. The van der Waals surface area contributed by atoms with Crippen LogP contribution in [0, 0.1) is 5.82 Å². The van der Waals surface area contributed by atoms with Gasteiger partial charge in [0, 0.05) is 37.7 Å². The van der Waals surface area contributed by atoms with Crippen LogP contribution >= 0.6 is 23.8 Å². The topological polar surface area (TPSA) is 32.5 Å². The van der Waals surface area contributed by atoms with Crippen LogP contribution in [0.25, 0.3) is 0 Å². The number of hydrogen-bond acceptors (Lipinski definition) is 3. The average molecular weight is 316 g/mol. The molecule has 0 bridgehead atoms. The van der Waals surface area contributed by atoms with Gasteiger partial charge in [-0.25, -0.2) is 4.39 Å². The van der Waals surface area contributed by atoms with Crippen LogP contribution in [-0.4, -0.2) is 47.0 Å². The van der Waals surface area contributed by atoms with Gasteiger partial charge in [-0.2, -0.15) is 0 Å². The smallest absolute Gasteiger partial charge is 0.124 e. The van der Waals surface area contributed by atoms with Gasteiger partial charge in [0.2, 0.25) is 0 Å². The number of piperazine rings is 1. The zero-order valence-electron chi connectivity index (χ0n) is 11.5. The summed E-state index contributed by atoms with van der Waals surface area (Å²) in [5.74, 6) is -0.297. The Labute approximate surface area is 129 Å². The van der Waals surface area contributed by atoms with E-state index in [1.54, 1.807) is 6.07 Å². The predicted octanol–water partition coefficient (Wildman–Crippen LogP) is 2.27. The first-order chi connectivity index (χ1) is 9.47. The van der Waals surface area contributed by atoms with Crippen molar-refractivity contribution in [1.29, 1.82) is 0 Å². The van der Waals surface area contributed by atoms with E-state index in [1.165, 1.54) is 12.1 Å². The third-order valence-electron chi connectivity index (χ3n) is 3.78. The van der Waals surface area contributed by atoms with Crippen LogP contribution in [0.2, 0.25) is 5.02 Å². The molecule has 1 fully saturated rings. The van der Waals surface area contributed by atoms with Gasteiger partial charge in [-0.05, 0) is 24.6 Å². The molecule has 0 aliphatic carbocycles. The maximum absolute atomic E-state index is 13.0. The molecule has 110 valence electrons. The molecule has 6 heteroatoms. The molecule has 0 radical (unpaired) electrons. The van der Waals surface area contributed by atoms with Crippen LogP contribution in [0.1, 0.15) is 12.5 Å². The number of nitrogens with two attached hydrogens (primary N) is 1. The van der Waals surface area contributed by atoms with Gasteiger partial charge >= 0.3 is 0 Å². The number of halogens is 2. The monoisotopic (exact) mass is 315 g/mol. The highest BCUT2D eigenvalue weighted by atomic mass is 35.5. The second-order valence-electron chi connectivity index (χ2n) is 5.13. The SMILES string of the molecule is CC(C(N)=S)N1CCN(Cc2ccc(F)cc2Cl)CC1. The first-order valence-electron chi connectivity index (χ1n) is 6.67. The van der Waals surface area contributed by atoms with Crippen molar-refractivity contribution in [3.05, 3.63) is 34.6 Å². The summed E-state index contributed by atoms with van der Waals surface area (Å²) < 4.78 is 13.0. The van der Waals surface area contributed by atoms with Crippen molar-refractivity contribution < 1.29 is 4.39 Å². The summed E-state index contributed by atoms with van der Waals surface area (Å²) in [6.07, 6.45) is 0. The van der Waals surface area contributed by atoms with Crippen molar-refractivity contribution in [3.63, 3.8) is 0 Å². The van der Waals surface area contributed by atoms with Crippen LogP contribution in [0.3, 0.4) is 0 Å². The molecule has 0 spiro atoms. The van der Waals surface area contributed by atoms with Crippen molar-refractivity contribution in [2.75, 3.05) is 26.2 Å². The van der Waals surface area contributed by atoms with Gasteiger partial charge in [-0.15, -0.1) is 0 Å². The Bertz CT molecular complexity index is 489. The lowest BCUT2D eigenvalue weighted by atomic mass is 10.1. The van der Waals surface area contributed by atoms with Crippen molar-refractivity contribution in [3.8, 4) is 0 Å². The summed E-state index contributed by atoms with van der Waals surface area (Å²) in [5.41, 5.74) is 6.64. The van der Waals surface area contributed by atoms with Crippen molar-refractivity contribution in [2.45, 2.75) is 19.5 Å². The van der Waals surface area contributed by atoms with E-state index < -0.39 is 0 Å². The second kappa shape index (κ2) is 6.80. The molecule has 1 atom stereocenters. The highest BCUT2D eigenvalue weighted by Crippen LogP contribution is 2.20. The van der Waals surface area contributed by atoms with E-state index in [-0.39, 0.29) is 11.9 Å². The van der Waals surface area contributed by atoms with Crippen molar-refractivity contribution >= 4 is 28.8 Å². The summed E-state index contributed by atoms with van der Waals surface area (Å²) in [4.78, 5) is 5.13. The zero-order chi connectivity index (χ0) is 14.7. The number of rotatable bonds is 4. The first-order valence-corrected chi connectivity index (χ1v) is 7.45. The molecule has 1 aliphatic heterocycles. The molecule has 1 saturated heterocycles. The molecule has 1 aromatic carbocycles. The minimum atomic E-state index is -0.297. The first kappa shape index (κ1) is 15.6. The van der Waals surface area contributed by atoms with Crippen LogP contribution < -0.4 is 5.73 Å². The van der Waals surface area contributed by atoms with Gasteiger partial charge in [-0.1, -0.05) is 29.9 Å². The number of nitrogens with zero attached hydrogens (tertiary/aromatic N) is 2. The number of benzene rings is 1. The summed E-state index contributed by atoms with van der Waals surface area (Å²) >= 11 is 11.1. The van der Waals surface area contributed by atoms with E-state index in [4.69, 9.17) is 29.6 Å². The molecule has 20 heavy (non-hydrogen) atoms. The van der Waals surface area contributed by atoms with E-state index in [1.807, 2.05) is 6.92 Å². The maximum Gasteiger partial charge on any atom is 0.124 e. The van der Waals surface area contributed by atoms with Gasteiger partial charge in [0.1, 0.15) is 5.82 Å². The third kappa shape index (κ3) is 3.88. The fourth-order valence-corrected chi connectivity index (χ4v) is 2.76. The van der Waals surface area contributed by atoms with E-state index in [9.17, 15) is 4.39 Å². The van der Waals surface area contributed by atoms with Crippen molar-refractivity contribution in [1.82, 2.24) is 9.80 Å². The van der Waals surface area contributed by atoms with Crippen LogP contribution in [0.15, 0.2) is 18.2 Å². The summed E-state index contributed by atoms with van der Waals surface area (Å²) in [6.45, 7) is 6.50. The summed E-state index contributed by atoms with van der Waals surface area (Å²) in [5, 5.41) is 0.490. The highest BCUT2D eigenvalue weighted by Gasteiger charge is 2.22. The molecular weight excluding hydrogens is 297 g/mol. The molecule has 0 amide bonds. The third-order valence-corrected chi connectivity index (χ3v) is 4.47. The molecule has 2 N–H and O–H groups in total. The summed E-state index contributed by atoms with van der Waals surface area (Å²) in [7, 11) is 0. The van der Waals surface area contributed by atoms with Crippen LogP contribution in [-0.2, 0) is 6.54 Å². The molecule has 0 aromatic heterocycles. The Balaban J connectivity index is 1.90. The second-order valence-corrected chi connectivity index (χ2v) is 6.00. The van der Waals surface area contributed by atoms with Crippen molar-refractivity contribution in [2.24, 2.45) is 5.73 Å². The molecular formula is C14H19ClFN3S. The number of hydrogen-bond donors (Lipinski definition) is 1. The van der Waals surface area contributed by atoms with Crippen LogP contribution in [0.4, 0.5) is 4.39 Å². The zero-order valence-corrected chi connectivity index (χ0v) is 13.1. The normalized spacial score (nSPS) is 18.9. The van der Waals surface area contributed by atoms with Crippen LogP contribution in [0.5, 0.6) is 0 Å². The molecule has 1 aromatic rings. The lowest BCUT2D eigenvalue weighted by molar-refractivity contribution is 0.118. The van der Waals surface area contributed by atoms with Gasteiger partial charge in [0.05, 0.1) is 11.0 Å². The fraction of sp³-hybridized carbons (Fsp3) is 0.500. The number of thiocarbonyl (C=S) groups is 1. The molecule has 0 saturated carbocycles. The molecule has 2 rings (SSSR count).